The molecular formula is C24H20F3N5O. The van der Waals surface area contributed by atoms with Gasteiger partial charge >= 0.3 is 6.18 Å². The first kappa shape index (κ1) is 21.1. The number of fused-ring (bicyclic) bond motifs is 1. The lowest BCUT2D eigenvalue weighted by molar-refractivity contribution is -0.137. The predicted molar refractivity (Wildman–Crippen MR) is 121 cm³/mol. The number of ether oxygens (including phenoxy) is 1. The van der Waals surface area contributed by atoms with E-state index in [1.54, 1.807) is 12.3 Å². The Morgan fingerprint density at radius 2 is 1.70 bits per heavy atom. The number of pyridine rings is 1. The van der Waals surface area contributed by atoms with Crippen molar-refractivity contribution in [2.75, 3.05) is 36.5 Å². The van der Waals surface area contributed by atoms with Crippen LogP contribution in [0, 0.1) is 0 Å². The van der Waals surface area contributed by atoms with Gasteiger partial charge in [-0.2, -0.15) is 18.2 Å². The molecule has 1 aliphatic rings. The molecule has 3 heterocycles. The number of rotatable bonds is 4. The number of hydrogen-bond donors (Lipinski definition) is 1. The third kappa shape index (κ3) is 4.73. The second-order valence-corrected chi connectivity index (χ2v) is 7.65. The number of nitrogens with one attached hydrogen (secondary N) is 1. The molecule has 0 aliphatic carbocycles. The average Bonchev–Trinajstić information content (AvgIpc) is 2.84. The van der Waals surface area contributed by atoms with Gasteiger partial charge < -0.3 is 15.0 Å². The summed E-state index contributed by atoms with van der Waals surface area (Å²) in [4.78, 5) is 15.8. The van der Waals surface area contributed by atoms with Crippen LogP contribution in [0.4, 0.5) is 30.6 Å². The van der Waals surface area contributed by atoms with E-state index >= 15 is 0 Å². The van der Waals surface area contributed by atoms with Crippen molar-refractivity contribution in [2.45, 2.75) is 6.18 Å². The van der Waals surface area contributed by atoms with Gasteiger partial charge in [-0.3, -0.25) is 4.98 Å². The molecule has 1 aliphatic heterocycles. The Balaban J connectivity index is 1.52. The fourth-order valence-electron chi connectivity index (χ4n) is 3.67. The molecule has 5 rings (SSSR count). The minimum Gasteiger partial charge on any atom is -0.378 e. The molecule has 4 aromatic rings. The topological polar surface area (TPSA) is 63.2 Å². The lowest BCUT2D eigenvalue weighted by Crippen LogP contribution is -2.37. The molecular weight excluding hydrogens is 431 g/mol. The van der Waals surface area contributed by atoms with E-state index < -0.39 is 11.7 Å². The van der Waals surface area contributed by atoms with Crippen LogP contribution in [0.3, 0.4) is 0 Å². The van der Waals surface area contributed by atoms with Crippen LogP contribution in [-0.4, -0.2) is 41.3 Å². The summed E-state index contributed by atoms with van der Waals surface area (Å²) >= 11 is 0. The summed E-state index contributed by atoms with van der Waals surface area (Å²) in [5.41, 5.74) is 2.20. The molecule has 1 fully saturated rings. The zero-order chi connectivity index (χ0) is 22.8. The number of benzene rings is 2. The summed E-state index contributed by atoms with van der Waals surface area (Å²) in [7, 11) is 0. The highest BCUT2D eigenvalue weighted by Gasteiger charge is 2.30. The molecule has 0 spiro atoms. The number of hydrogen-bond acceptors (Lipinski definition) is 6. The molecule has 0 atom stereocenters. The standard InChI is InChI=1S/C24H20F3N5O/c25-24(26,27)18-5-7-19(8-6-18)29-22-15-21(30-23(31-22)32-10-12-33-13-11-32)17-4-3-16-2-1-9-28-20(16)14-17/h1-9,14-15H,10-13H2,(H,29,30,31). The first-order valence-corrected chi connectivity index (χ1v) is 10.5. The van der Waals surface area contributed by atoms with Crippen LogP contribution in [0.15, 0.2) is 66.9 Å². The van der Waals surface area contributed by atoms with Gasteiger partial charge in [-0.05, 0) is 36.4 Å². The van der Waals surface area contributed by atoms with E-state index in [9.17, 15) is 13.2 Å². The number of anilines is 3. The van der Waals surface area contributed by atoms with Gasteiger partial charge in [0, 0.05) is 42.0 Å². The van der Waals surface area contributed by atoms with E-state index in [0.717, 1.165) is 28.6 Å². The Morgan fingerprint density at radius 1 is 0.909 bits per heavy atom. The van der Waals surface area contributed by atoms with Crippen molar-refractivity contribution in [3.05, 3.63) is 72.4 Å². The molecule has 0 radical (unpaired) electrons. The van der Waals surface area contributed by atoms with E-state index in [0.29, 0.717) is 49.5 Å². The summed E-state index contributed by atoms with van der Waals surface area (Å²) in [6.07, 6.45) is -2.64. The van der Waals surface area contributed by atoms with Crippen LogP contribution < -0.4 is 10.2 Å². The van der Waals surface area contributed by atoms with Crippen molar-refractivity contribution in [3.8, 4) is 11.3 Å². The maximum Gasteiger partial charge on any atom is 0.416 e. The maximum atomic E-state index is 12.9. The van der Waals surface area contributed by atoms with Crippen molar-refractivity contribution in [3.63, 3.8) is 0 Å². The van der Waals surface area contributed by atoms with Crippen molar-refractivity contribution in [2.24, 2.45) is 0 Å². The summed E-state index contributed by atoms with van der Waals surface area (Å²) < 4.78 is 44.1. The number of halogens is 3. The lowest BCUT2D eigenvalue weighted by atomic mass is 10.1. The number of alkyl halides is 3. The second-order valence-electron chi connectivity index (χ2n) is 7.65. The Kier molecular flexibility index (Phi) is 5.55. The second kappa shape index (κ2) is 8.67. The summed E-state index contributed by atoms with van der Waals surface area (Å²) in [5.74, 6) is 1.02. The third-order valence-corrected chi connectivity index (χ3v) is 5.39. The van der Waals surface area contributed by atoms with Crippen molar-refractivity contribution in [1.29, 1.82) is 0 Å². The molecule has 1 saturated heterocycles. The van der Waals surface area contributed by atoms with Crippen LogP contribution in [0.1, 0.15) is 5.56 Å². The maximum absolute atomic E-state index is 12.9. The largest absolute Gasteiger partial charge is 0.416 e. The Bertz CT molecular complexity index is 1270. The Hall–Kier alpha value is -3.72. The van der Waals surface area contributed by atoms with Gasteiger partial charge in [0.05, 0.1) is 30.0 Å². The predicted octanol–water partition coefficient (Wildman–Crippen LogP) is 5.29. The molecule has 2 aromatic heterocycles. The molecule has 1 N–H and O–H groups in total. The van der Waals surface area contributed by atoms with Crippen LogP contribution in [0.5, 0.6) is 0 Å². The summed E-state index contributed by atoms with van der Waals surface area (Å²) in [5, 5.41) is 4.14. The van der Waals surface area contributed by atoms with E-state index in [1.807, 2.05) is 35.2 Å². The van der Waals surface area contributed by atoms with Crippen molar-refractivity contribution < 1.29 is 17.9 Å². The van der Waals surface area contributed by atoms with Gasteiger partial charge in [0.2, 0.25) is 5.95 Å². The van der Waals surface area contributed by atoms with Gasteiger partial charge in [0.15, 0.2) is 0 Å². The number of morpholine rings is 1. The SMILES string of the molecule is FC(F)(F)c1ccc(Nc2cc(-c3ccc4cccnc4c3)nc(N3CCOCC3)n2)cc1. The molecule has 2 aromatic carbocycles. The Labute approximate surface area is 188 Å². The summed E-state index contributed by atoms with van der Waals surface area (Å²) in [6, 6.07) is 16.4. The fraction of sp³-hybridized carbons (Fsp3) is 0.208. The van der Waals surface area contributed by atoms with Gasteiger partial charge in [0.25, 0.3) is 0 Å². The zero-order valence-electron chi connectivity index (χ0n) is 17.5. The van der Waals surface area contributed by atoms with Crippen LogP contribution in [0.25, 0.3) is 22.2 Å². The van der Waals surface area contributed by atoms with Crippen LogP contribution >= 0.6 is 0 Å². The third-order valence-electron chi connectivity index (χ3n) is 5.39. The molecule has 0 unspecified atom stereocenters. The molecule has 6 nitrogen and oxygen atoms in total. The first-order valence-electron chi connectivity index (χ1n) is 10.5. The molecule has 9 heteroatoms. The number of nitrogens with zero attached hydrogens (tertiary/aromatic N) is 4. The first-order chi connectivity index (χ1) is 16.0. The Morgan fingerprint density at radius 3 is 2.45 bits per heavy atom. The van der Waals surface area contributed by atoms with Crippen molar-refractivity contribution in [1.82, 2.24) is 15.0 Å². The van der Waals surface area contributed by atoms with E-state index in [1.165, 1.54) is 12.1 Å². The van der Waals surface area contributed by atoms with Gasteiger partial charge in [0.1, 0.15) is 5.82 Å². The lowest BCUT2D eigenvalue weighted by Gasteiger charge is -2.27. The highest BCUT2D eigenvalue weighted by Crippen LogP contribution is 2.31. The molecule has 0 saturated carbocycles. The quantitative estimate of drug-likeness (QED) is 0.455. The monoisotopic (exact) mass is 451 g/mol. The fourth-order valence-corrected chi connectivity index (χ4v) is 3.67. The average molecular weight is 451 g/mol. The van der Waals surface area contributed by atoms with Crippen LogP contribution in [-0.2, 0) is 10.9 Å². The number of aromatic nitrogens is 3. The highest BCUT2D eigenvalue weighted by atomic mass is 19.4. The summed E-state index contributed by atoms with van der Waals surface area (Å²) in [6.45, 7) is 2.47. The minimum atomic E-state index is -4.38. The van der Waals surface area contributed by atoms with Gasteiger partial charge in [-0.25, -0.2) is 4.98 Å². The molecule has 0 bridgehead atoms. The van der Waals surface area contributed by atoms with Gasteiger partial charge in [-0.15, -0.1) is 0 Å². The van der Waals surface area contributed by atoms with E-state index in [2.05, 4.69) is 15.3 Å². The van der Waals surface area contributed by atoms with E-state index in [-0.39, 0.29) is 0 Å². The highest BCUT2D eigenvalue weighted by molar-refractivity contribution is 5.84. The normalized spacial score (nSPS) is 14.5. The van der Waals surface area contributed by atoms with Crippen LogP contribution in [0.2, 0.25) is 0 Å². The zero-order valence-corrected chi connectivity index (χ0v) is 17.5. The smallest absolute Gasteiger partial charge is 0.378 e. The van der Waals surface area contributed by atoms with E-state index in [4.69, 9.17) is 9.72 Å². The molecule has 0 amide bonds. The molecule has 168 valence electrons. The molecule has 33 heavy (non-hydrogen) atoms. The van der Waals surface area contributed by atoms with Gasteiger partial charge in [-0.1, -0.05) is 18.2 Å². The minimum absolute atomic E-state index is 0.488. The van der Waals surface area contributed by atoms with Crippen molar-refractivity contribution >= 4 is 28.4 Å².